The number of primary amides is 1. The van der Waals surface area contributed by atoms with Crippen molar-refractivity contribution in [3.63, 3.8) is 0 Å². The van der Waals surface area contributed by atoms with Gasteiger partial charge < -0.3 is 11.1 Å². The molecule has 112 valence electrons. The Balaban J connectivity index is 2.28. The number of benzene rings is 1. The van der Waals surface area contributed by atoms with Gasteiger partial charge in [0.1, 0.15) is 0 Å². The van der Waals surface area contributed by atoms with E-state index in [0.29, 0.717) is 11.4 Å². The number of carbonyl (C=O) groups is 1. The zero-order valence-electron chi connectivity index (χ0n) is 10.8. The number of thiazole rings is 1. The maximum Gasteiger partial charge on any atom is 0.316 e. The largest absolute Gasteiger partial charge is 0.351 e. The molecule has 0 radical (unpaired) electrons. The molecule has 0 aliphatic carbocycles. The number of nitrogens with two attached hydrogens (primary N) is 1. The fourth-order valence-electron chi connectivity index (χ4n) is 1.60. The lowest BCUT2D eigenvalue weighted by atomic mass is 10.3. The van der Waals surface area contributed by atoms with Gasteiger partial charge in [-0.2, -0.15) is 0 Å². The van der Waals surface area contributed by atoms with Crippen molar-refractivity contribution in [1.82, 2.24) is 4.98 Å². The highest BCUT2D eigenvalue weighted by Gasteiger charge is 2.21. The van der Waals surface area contributed by atoms with Crippen molar-refractivity contribution in [3.05, 3.63) is 34.4 Å². The van der Waals surface area contributed by atoms with Crippen molar-refractivity contribution in [2.75, 3.05) is 10.0 Å². The molecule has 0 atom stereocenters. The number of anilines is 2. The smallest absolute Gasteiger partial charge is 0.316 e. The zero-order valence-corrected chi connectivity index (χ0v) is 13.1. The number of sulfonamides is 1. The first-order valence-corrected chi connectivity index (χ1v) is 8.28. The van der Waals surface area contributed by atoms with Crippen molar-refractivity contribution < 1.29 is 13.2 Å². The van der Waals surface area contributed by atoms with Crippen molar-refractivity contribution >= 4 is 50.4 Å². The Morgan fingerprint density at radius 2 is 2.05 bits per heavy atom. The third kappa shape index (κ3) is 3.84. The van der Waals surface area contributed by atoms with Gasteiger partial charge in [-0.05, 0) is 25.1 Å². The second-order valence-electron chi connectivity index (χ2n) is 4.02. The van der Waals surface area contributed by atoms with Gasteiger partial charge in [0, 0.05) is 5.69 Å². The average Bonchev–Trinajstić information content (AvgIpc) is 2.68. The molecule has 0 unspecified atom stereocenters. The summed E-state index contributed by atoms with van der Waals surface area (Å²) in [6, 6.07) is 5.41. The lowest BCUT2D eigenvalue weighted by molar-refractivity contribution is 0.259. The van der Waals surface area contributed by atoms with Crippen LogP contribution in [0.15, 0.2) is 28.5 Å². The van der Waals surface area contributed by atoms with E-state index in [4.69, 9.17) is 17.3 Å². The van der Waals surface area contributed by atoms with Crippen LogP contribution < -0.4 is 15.8 Å². The van der Waals surface area contributed by atoms with Crippen LogP contribution in [0.2, 0.25) is 4.47 Å². The van der Waals surface area contributed by atoms with Crippen LogP contribution in [0.4, 0.5) is 16.2 Å². The van der Waals surface area contributed by atoms with Gasteiger partial charge in [-0.15, -0.1) is 0 Å². The molecule has 2 aromatic rings. The quantitative estimate of drug-likeness (QED) is 0.788. The minimum absolute atomic E-state index is 0.0424. The second-order valence-corrected chi connectivity index (χ2v) is 7.47. The first kappa shape index (κ1) is 15.5. The van der Waals surface area contributed by atoms with E-state index in [9.17, 15) is 13.2 Å². The van der Waals surface area contributed by atoms with E-state index < -0.39 is 16.1 Å². The molecule has 0 aliphatic rings. The molecule has 0 bridgehead atoms. The Labute approximate surface area is 130 Å². The Kier molecular flexibility index (Phi) is 4.35. The monoisotopic (exact) mass is 346 g/mol. The normalized spacial score (nSPS) is 11.1. The molecule has 0 aliphatic heterocycles. The summed E-state index contributed by atoms with van der Waals surface area (Å²) >= 11 is 6.58. The molecule has 1 aromatic heterocycles. The van der Waals surface area contributed by atoms with Crippen LogP contribution >= 0.6 is 22.9 Å². The molecule has 0 spiro atoms. The van der Waals surface area contributed by atoms with Crippen LogP contribution in [0.25, 0.3) is 0 Å². The third-order valence-corrected chi connectivity index (χ3v) is 5.61. The van der Waals surface area contributed by atoms with E-state index in [2.05, 4.69) is 15.0 Å². The van der Waals surface area contributed by atoms with Crippen LogP contribution in [-0.2, 0) is 10.0 Å². The average molecular weight is 347 g/mol. The summed E-state index contributed by atoms with van der Waals surface area (Å²) < 4.78 is 27.1. The van der Waals surface area contributed by atoms with Crippen molar-refractivity contribution in [2.24, 2.45) is 5.73 Å². The van der Waals surface area contributed by atoms with Gasteiger partial charge in [0.25, 0.3) is 10.0 Å². The number of rotatable bonds is 4. The molecule has 21 heavy (non-hydrogen) atoms. The number of nitrogens with one attached hydrogen (secondary N) is 2. The van der Waals surface area contributed by atoms with Crippen LogP contribution in [0, 0.1) is 6.92 Å². The fourth-order valence-corrected chi connectivity index (χ4v) is 4.39. The maximum absolute atomic E-state index is 12.3. The Bertz CT molecular complexity index is 789. The lowest BCUT2D eigenvalue weighted by Crippen LogP contribution is -2.19. The molecule has 1 aromatic carbocycles. The summed E-state index contributed by atoms with van der Waals surface area (Å²) in [4.78, 5) is 14.7. The van der Waals surface area contributed by atoms with Crippen LogP contribution in [0.5, 0.6) is 0 Å². The van der Waals surface area contributed by atoms with E-state index in [0.717, 1.165) is 11.3 Å². The second kappa shape index (κ2) is 5.88. The highest BCUT2D eigenvalue weighted by molar-refractivity contribution is 7.94. The van der Waals surface area contributed by atoms with E-state index in [1.165, 1.54) is 6.07 Å². The molecule has 2 rings (SSSR count). The van der Waals surface area contributed by atoms with Crippen LogP contribution in [0.3, 0.4) is 0 Å². The number of urea groups is 1. The molecule has 0 fully saturated rings. The maximum atomic E-state index is 12.3. The fraction of sp³-hybridized carbons (Fsp3) is 0.0909. The van der Waals surface area contributed by atoms with Crippen molar-refractivity contribution in [1.29, 1.82) is 0 Å². The zero-order chi connectivity index (χ0) is 15.6. The number of hydrogen-bond acceptors (Lipinski definition) is 5. The summed E-state index contributed by atoms with van der Waals surface area (Å²) in [5.41, 5.74) is 5.99. The summed E-state index contributed by atoms with van der Waals surface area (Å²) in [5, 5.41) is 2.36. The van der Waals surface area contributed by atoms with E-state index in [-0.39, 0.29) is 14.4 Å². The predicted molar refractivity (Wildman–Crippen MR) is 82.3 cm³/mol. The van der Waals surface area contributed by atoms with Crippen LogP contribution in [0.1, 0.15) is 5.69 Å². The number of halogens is 1. The number of aromatic nitrogens is 1. The number of carbonyl (C=O) groups excluding carboxylic acids is 1. The number of aryl methyl sites for hydroxylation is 1. The summed E-state index contributed by atoms with van der Waals surface area (Å²) in [6.45, 7) is 1.56. The molecular weight excluding hydrogens is 336 g/mol. The van der Waals surface area contributed by atoms with E-state index >= 15 is 0 Å². The van der Waals surface area contributed by atoms with Gasteiger partial charge in [-0.3, -0.25) is 4.72 Å². The third-order valence-electron chi connectivity index (χ3n) is 2.35. The molecule has 4 N–H and O–H groups in total. The van der Waals surface area contributed by atoms with Crippen LogP contribution in [-0.4, -0.2) is 19.4 Å². The number of amides is 2. The highest BCUT2D eigenvalue weighted by atomic mass is 35.5. The van der Waals surface area contributed by atoms with Gasteiger partial charge >= 0.3 is 6.03 Å². The predicted octanol–water partition coefficient (Wildman–Crippen LogP) is 2.40. The van der Waals surface area contributed by atoms with E-state index in [1.807, 2.05) is 0 Å². The minimum Gasteiger partial charge on any atom is -0.351 e. The molecule has 1 heterocycles. The molecule has 2 amide bonds. The molecular formula is C11H11ClN4O3S2. The van der Waals surface area contributed by atoms with Gasteiger partial charge in [-0.1, -0.05) is 29.0 Å². The Hall–Kier alpha value is -1.84. The summed E-state index contributed by atoms with van der Waals surface area (Å²) in [5.74, 6) is 0. The molecule has 0 saturated heterocycles. The first-order valence-electron chi connectivity index (χ1n) is 5.60. The number of nitrogens with zero attached hydrogens (tertiary/aromatic N) is 1. The van der Waals surface area contributed by atoms with Gasteiger partial charge in [0.2, 0.25) is 0 Å². The highest BCUT2D eigenvalue weighted by Crippen LogP contribution is 2.28. The van der Waals surface area contributed by atoms with Crippen molar-refractivity contribution in [3.8, 4) is 0 Å². The number of hydrogen-bond donors (Lipinski definition) is 3. The van der Waals surface area contributed by atoms with Crippen molar-refractivity contribution in [2.45, 2.75) is 11.1 Å². The van der Waals surface area contributed by atoms with Gasteiger partial charge in [-0.25, -0.2) is 18.2 Å². The lowest BCUT2D eigenvalue weighted by Gasteiger charge is -2.08. The summed E-state index contributed by atoms with van der Waals surface area (Å²) in [7, 11) is -3.79. The molecule has 7 nitrogen and oxygen atoms in total. The first-order chi connectivity index (χ1) is 9.78. The Morgan fingerprint density at radius 3 is 2.62 bits per heavy atom. The SMILES string of the molecule is Cc1nc(Cl)sc1S(=O)(=O)Nc1cccc(NC(N)=O)c1. The Morgan fingerprint density at radius 1 is 1.38 bits per heavy atom. The van der Waals surface area contributed by atoms with Gasteiger partial charge in [0.15, 0.2) is 8.68 Å². The van der Waals surface area contributed by atoms with E-state index in [1.54, 1.807) is 25.1 Å². The summed E-state index contributed by atoms with van der Waals surface area (Å²) in [6.07, 6.45) is 0. The standard InChI is InChI=1S/C11H11ClN4O3S2/c1-6-9(20-10(12)14-6)21(18,19)16-8-4-2-3-7(5-8)15-11(13)17/h2-5,16H,1H3,(H3,13,15,17). The topological polar surface area (TPSA) is 114 Å². The molecule has 10 heteroatoms. The van der Waals surface area contributed by atoms with Gasteiger partial charge in [0.05, 0.1) is 11.4 Å². The minimum atomic E-state index is -3.79. The molecule has 0 saturated carbocycles.